The van der Waals surface area contributed by atoms with Crippen molar-refractivity contribution < 1.29 is 4.42 Å². The lowest BCUT2D eigenvalue weighted by Gasteiger charge is -2.12. The molecule has 1 atom stereocenters. The minimum absolute atomic E-state index is 0. The quantitative estimate of drug-likeness (QED) is 0.845. The Balaban J connectivity index is 0.000000963. The fourth-order valence-corrected chi connectivity index (χ4v) is 2.10. The van der Waals surface area contributed by atoms with E-state index in [-0.39, 0.29) is 12.4 Å². The standard InChI is InChI=1S/C12H14N2O.ClH/c1-2-9-5-7-15-12(9)11(3-1)14-10-4-6-13-8-10;/h1-3,5,7,10,13-14H,4,6,8H2;1H. The Bertz CT molecular complexity index is 463. The largest absolute Gasteiger partial charge is 0.462 e. The van der Waals surface area contributed by atoms with Gasteiger partial charge in [0.1, 0.15) is 0 Å². The topological polar surface area (TPSA) is 37.2 Å². The van der Waals surface area contributed by atoms with Crippen LogP contribution < -0.4 is 10.6 Å². The third kappa shape index (κ3) is 2.01. The maximum Gasteiger partial charge on any atom is 0.156 e. The molecular weight excluding hydrogens is 224 g/mol. The number of furan rings is 1. The molecule has 4 heteroatoms. The predicted octanol–water partition coefficient (Wildman–Crippen LogP) is 2.63. The Hall–Kier alpha value is -1.19. The summed E-state index contributed by atoms with van der Waals surface area (Å²) in [5, 5.41) is 8.01. The molecule has 3 rings (SSSR count). The van der Waals surface area contributed by atoms with E-state index in [4.69, 9.17) is 4.42 Å². The van der Waals surface area contributed by atoms with E-state index in [1.807, 2.05) is 6.07 Å². The van der Waals surface area contributed by atoms with Crippen LogP contribution in [0.25, 0.3) is 11.0 Å². The van der Waals surface area contributed by atoms with Gasteiger partial charge in [-0.3, -0.25) is 0 Å². The van der Waals surface area contributed by atoms with E-state index < -0.39 is 0 Å². The molecule has 16 heavy (non-hydrogen) atoms. The van der Waals surface area contributed by atoms with Crippen molar-refractivity contribution >= 4 is 29.1 Å². The highest BCUT2D eigenvalue weighted by Crippen LogP contribution is 2.25. The monoisotopic (exact) mass is 238 g/mol. The lowest BCUT2D eigenvalue weighted by atomic mass is 10.2. The zero-order valence-electron chi connectivity index (χ0n) is 8.90. The van der Waals surface area contributed by atoms with Crippen LogP contribution in [0.2, 0.25) is 0 Å². The van der Waals surface area contributed by atoms with E-state index >= 15 is 0 Å². The molecule has 1 aliphatic heterocycles. The number of nitrogens with one attached hydrogen (secondary N) is 2. The second-order valence-corrected chi connectivity index (χ2v) is 3.98. The van der Waals surface area contributed by atoms with E-state index in [1.165, 1.54) is 6.42 Å². The minimum atomic E-state index is 0. The van der Waals surface area contributed by atoms with Gasteiger partial charge in [0.05, 0.1) is 12.0 Å². The molecule has 0 aliphatic carbocycles. The van der Waals surface area contributed by atoms with Crippen LogP contribution in [0.1, 0.15) is 6.42 Å². The lowest BCUT2D eigenvalue weighted by molar-refractivity contribution is 0.615. The van der Waals surface area contributed by atoms with E-state index in [2.05, 4.69) is 28.8 Å². The highest BCUT2D eigenvalue weighted by molar-refractivity contribution is 5.89. The molecule has 1 saturated heterocycles. The summed E-state index contributed by atoms with van der Waals surface area (Å²) >= 11 is 0. The average Bonchev–Trinajstić information content (AvgIpc) is 2.87. The van der Waals surface area contributed by atoms with Gasteiger partial charge in [0.25, 0.3) is 0 Å². The van der Waals surface area contributed by atoms with Gasteiger partial charge in [-0.05, 0) is 25.1 Å². The van der Waals surface area contributed by atoms with Crippen LogP contribution in [0.3, 0.4) is 0 Å². The number of hydrogen-bond donors (Lipinski definition) is 2. The summed E-state index contributed by atoms with van der Waals surface area (Å²) in [5.74, 6) is 0. The highest BCUT2D eigenvalue weighted by atomic mass is 35.5. The number of hydrogen-bond acceptors (Lipinski definition) is 3. The van der Waals surface area contributed by atoms with Crippen molar-refractivity contribution in [3.05, 3.63) is 30.5 Å². The van der Waals surface area contributed by atoms with Crippen LogP contribution in [0.4, 0.5) is 5.69 Å². The summed E-state index contributed by atoms with van der Waals surface area (Å²) in [6, 6.07) is 8.72. The van der Waals surface area contributed by atoms with Gasteiger partial charge in [-0.2, -0.15) is 0 Å². The summed E-state index contributed by atoms with van der Waals surface area (Å²) in [7, 11) is 0. The van der Waals surface area contributed by atoms with Gasteiger partial charge >= 0.3 is 0 Å². The van der Waals surface area contributed by atoms with E-state index in [1.54, 1.807) is 6.26 Å². The molecule has 2 N–H and O–H groups in total. The first kappa shape index (κ1) is 11.3. The van der Waals surface area contributed by atoms with Crippen molar-refractivity contribution in [1.29, 1.82) is 0 Å². The van der Waals surface area contributed by atoms with Crippen molar-refractivity contribution in [2.45, 2.75) is 12.5 Å². The molecule has 0 bridgehead atoms. The molecule has 0 amide bonds. The second-order valence-electron chi connectivity index (χ2n) is 3.98. The second kappa shape index (κ2) is 4.76. The number of para-hydroxylation sites is 1. The number of benzene rings is 1. The normalized spacial score (nSPS) is 19.6. The molecule has 1 aromatic carbocycles. The molecule has 0 radical (unpaired) electrons. The average molecular weight is 239 g/mol. The first-order valence-electron chi connectivity index (χ1n) is 5.37. The Morgan fingerprint density at radius 3 is 3.06 bits per heavy atom. The molecule has 3 nitrogen and oxygen atoms in total. The molecule has 0 spiro atoms. The summed E-state index contributed by atoms with van der Waals surface area (Å²) in [5.41, 5.74) is 2.07. The van der Waals surface area contributed by atoms with Gasteiger partial charge in [-0.25, -0.2) is 0 Å². The Morgan fingerprint density at radius 1 is 1.31 bits per heavy atom. The van der Waals surface area contributed by atoms with Crippen LogP contribution in [0.15, 0.2) is 34.9 Å². The Labute approximate surface area is 101 Å². The molecular formula is C12H15ClN2O. The van der Waals surface area contributed by atoms with Gasteiger partial charge in [0, 0.05) is 18.0 Å². The third-order valence-electron chi connectivity index (χ3n) is 2.90. The fourth-order valence-electron chi connectivity index (χ4n) is 2.10. The minimum Gasteiger partial charge on any atom is -0.462 e. The van der Waals surface area contributed by atoms with Crippen LogP contribution in [-0.4, -0.2) is 19.1 Å². The first-order chi connectivity index (χ1) is 7.43. The van der Waals surface area contributed by atoms with Crippen molar-refractivity contribution in [2.75, 3.05) is 18.4 Å². The van der Waals surface area contributed by atoms with Crippen LogP contribution in [0.5, 0.6) is 0 Å². The van der Waals surface area contributed by atoms with Gasteiger partial charge in [0.15, 0.2) is 5.58 Å². The van der Waals surface area contributed by atoms with Crippen LogP contribution >= 0.6 is 12.4 Å². The smallest absolute Gasteiger partial charge is 0.156 e. The van der Waals surface area contributed by atoms with Crippen molar-refractivity contribution in [2.24, 2.45) is 0 Å². The summed E-state index contributed by atoms with van der Waals surface area (Å²) in [6.45, 7) is 2.14. The summed E-state index contributed by atoms with van der Waals surface area (Å²) < 4.78 is 5.48. The molecule has 86 valence electrons. The maximum atomic E-state index is 5.48. The maximum absolute atomic E-state index is 5.48. The fraction of sp³-hybridized carbons (Fsp3) is 0.333. The Morgan fingerprint density at radius 2 is 2.25 bits per heavy atom. The number of rotatable bonds is 2. The van der Waals surface area contributed by atoms with E-state index in [9.17, 15) is 0 Å². The molecule has 1 fully saturated rings. The molecule has 0 saturated carbocycles. The van der Waals surface area contributed by atoms with Crippen LogP contribution in [-0.2, 0) is 0 Å². The SMILES string of the molecule is Cl.c1cc(NC2CCNC2)c2occc2c1. The molecule has 2 aromatic rings. The number of anilines is 1. The van der Waals surface area contributed by atoms with Gasteiger partial charge in [-0.1, -0.05) is 12.1 Å². The van der Waals surface area contributed by atoms with Crippen LogP contribution in [0, 0.1) is 0 Å². The predicted molar refractivity (Wildman–Crippen MR) is 68.4 cm³/mol. The number of halogens is 1. The highest BCUT2D eigenvalue weighted by Gasteiger charge is 2.15. The van der Waals surface area contributed by atoms with E-state index in [0.29, 0.717) is 6.04 Å². The number of fused-ring (bicyclic) bond motifs is 1. The molecule has 1 aromatic heterocycles. The molecule has 1 aliphatic rings. The Kier molecular flexibility index (Phi) is 3.36. The first-order valence-corrected chi connectivity index (χ1v) is 5.37. The van der Waals surface area contributed by atoms with Crippen molar-refractivity contribution in [3.8, 4) is 0 Å². The van der Waals surface area contributed by atoms with Crippen molar-refractivity contribution in [1.82, 2.24) is 5.32 Å². The zero-order valence-corrected chi connectivity index (χ0v) is 9.72. The van der Waals surface area contributed by atoms with Crippen molar-refractivity contribution in [3.63, 3.8) is 0 Å². The summed E-state index contributed by atoms with van der Waals surface area (Å²) in [4.78, 5) is 0. The van der Waals surface area contributed by atoms with Gasteiger partial charge in [-0.15, -0.1) is 12.4 Å². The zero-order chi connectivity index (χ0) is 10.1. The lowest BCUT2D eigenvalue weighted by Crippen LogP contribution is -2.22. The third-order valence-corrected chi connectivity index (χ3v) is 2.90. The summed E-state index contributed by atoms with van der Waals surface area (Å²) in [6.07, 6.45) is 2.92. The van der Waals surface area contributed by atoms with Gasteiger partial charge < -0.3 is 15.1 Å². The molecule has 2 heterocycles. The van der Waals surface area contributed by atoms with Gasteiger partial charge in [0.2, 0.25) is 0 Å². The van der Waals surface area contributed by atoms with E-state index in [0.717, 1.165) is 29.7 Å². The molecule has 1 unspecified atom stereocenters.